The van der Waals surface area contributed by atoms with Gasteiger partial charge >= 0.3 is 6.18 Å². The lowest BCUT2D eigenvalue weighted by Crippen LogP contribution is -2.07. The van der Waals surface area contributed by atoms with Crippen LogP contribution in [0.4, 0.5) is 13.2 Å². The van der Waals surface area contributed by atoms with Gasteiger partial charge in [0.05, 0.1) is 16.6 Å². The maximum atomic E-state index is 13.0. The number of imidazole rings is 1. The topological polar surface area (TPSA) is 30.7 Å². The van der Waals surface area contributed by atoms with Crippen LogP contribution in [0.1, 0.15) is 11.1 Å². The fourth-order valence-corrected chi connectivity index (χ4v) is 2.99. The van der Waals surface area contributed by atoms with E-state index in [1.165, 1.54) is 12.1 Å². The van der Waals surface area contributed by atoms with Gasteiger partial charge in [-0.05, 0) is 42.0 Å². The van der Waals surface area contributed by atoms with Crippen LogP contribution in [0.5, 0.6) is 0 Å². The molecule has 0 atom stereocenters. The van der Waals surface area contributed by atoms with Gasteiger partial charge in [0.2, 0.25) is 0 Å². The highest BCUT2D eigenvalue weighted by Crippen LogP contribution is 2.31. The molecule has 2 aromatic carbocycles. The van der Waals surface area contributed by atoms with Crippen LogP contribution in [0, 0.1) is 0 Å². The Morgan fingerprint density at radius 1 is 0.885 bits per heavy atom. The Morgan fingerprint density at radius 3 is 2.42 bits per heavy atom. The Labute approximate surface area is 147 Å². The third-order valence-electron chi connectivity index (χ3n) is 4.19. The van der Waals surface area contributed by atoms with E-state index < -0.39 is 11.7 Å². The molecule has 2 aromatic heterocycles. The number of aromatic nitrogens is 3. The highest BCUT2D eigenvalue weighted by atomic mass is 19.4. The van der Waals surface area contributed by atoms with Gasteiger partial charge < -0.3 is 4.57 Å². The lowest BCUT2D eigenvalue weighted by Gasteiger charge is -2.12. The fraction of sp³-hybridized carbons (Fsp3) is 0.100. The maximum Gasteiger partial charge on any atom is 0.416 e. The van der Waals surface area contributed by atoms with Crippen molar-refractivity contribution >= 4 is 11.0 Å². The zero-order valence-corrected chi connectivity index (χ0v) is 13.6. The second-order valence-corrected chi connectivity index (χ2v) is 5.94. The maximum absolute atomic E-state index is 13.0. The van der Waals surface area contributed by atoms with Gasteiger partial charge in [-0.2, -0.15) is 13.2 Å². The molecular formula is C20H14F3N3. The number of fused-ring (bicyclic) bond motifs is 1. The normalized spacial score (nSPS) is 11.8. The van der Waals surface area contributed by atoms with E-state index in [-0.39, 0.29) is 0 Å². The van der Waals surface area contributed by atoms with E-state index in [4.69, 9.17) is 0 Å². The molecule has 0 saturated carbocycles. The van der Waals surface area contributed by atoms with Crippen molar-refractivity contribution in [1.29, 1.82) is 0 Å². The molecule has 6 heteroatoms. The highest BCUT2D eigenvalue weighted by Gasteiger charge is 2.30. The van der Waals surface area contributed by atoms with Crippen molar-refractivity contribution in [3.05, 3.63) is 84.2 Å². The summed E-state index contributed by atoms with van der Waals surface area (Å²) in [5, 5.41) is 0. The molecule has 0 aliphatic carbocycles. The number of nitrogens with zero attached hydrogens (tertiary/aromatic N) is 3. The largest absolute Gasteiger partial charge is 0.416 e. The van der Waals surface area contributed by atoms with Crippen LogP contribution in [-0.4, -0.2) is 14.5 Å². The van der Waals surface area contributed by atoms with Crippen LogP contribution in [-0.2, 0) is 12.7 Å². The molecule has 130 valence electrons. The minimum atomic E-state index is -4.36. The van der Waals surface area contributed by atoms with Crippen LogP contribution in [0.3, 0.4) is 0 Å². The van der Waals surface area contributed by atoms with Gasteiger partial charge in [-0.3, -0.25) is 4.98 Å². The van der Waals surface area contributed by atoms with Crippen LogP contribution in [0.25, 0.3) is 22.4 Å². The third kappa shape index (κ3) is 3.06. The number of rotatable bonds is 3. The third-order valence-corrected chi connectivity index (χ3v) is 4.19. The number of pyridine rings is 1. The van der Waals surface area contributed by atoms with Crippen LogP contribution in [0.15, 0.2) is 73.1 Å². The summed E-state index contributed by atoms with van der Waals surface area (Å²) in [5.41, 5.74) is 2.45. The SMILES string of the molecule is FC(F)(F)c1cccc(Cn2c(-c3ccncc3)nc3ccccc32)c1. The lowest BCUT2D eigenvalue weighted by atomic mass is 10.1. The summed E-state index contributed by atoms with van der Waals surface area (Å²) in [7, 11) is 0. The van der Waals surface area contributed by atoms with E-state index in [0.29, 0.717) is 17.9 Å². The molecule has 2 heterocycles. The zero-order chi connectivity index (χ0) is 18.1. The number of alkyl halides is 3. The summed E-state index contributed by atoms with van der Waals surface area (Å²) in [6.45, 7) is 0.294. The standard InChI is InChI=1S/C20H14F3N3/c21-20(22,23)16-5-3-4-14(12-16)13-26-18-7-2-1-6-17(18)25-19(26)15-8-10-24-11-9-15/h1-12H,13H2. The van der Waals surface area contributed by atoms with Gasteiger partial charge in [0.25, 0.3) is 0 Å². The van der Waals surface area contributed by atoms with E-state index in [1.807, 2.05) is 41.0 Å². The minimum Gasteiger partial charge on any atom is -0.319 e. The van der Waals surface area contributed by atoms with Gasteiger partial charge in [-0.25, -0.2) is 4.98 Å². The number of para-hydroxylation sites is 2. The van der Waals surface area contributed by atoms with Crippen molar-refractivity contribution in [2.75, 3.05) is 0 Å². The van der Waals surface area contributed by atoms with E-state index in [9.17, 15) is 13.2 Å². The van der Waals surface area contributed by atoms with E-state index in [1.54, 1.807) is 18.5 Å². The van der Waals surface area contributed by atoms with Crippen LogP contribution < -0.4 is 0 Å². The Bertz CT molecular complexity index is 1050. The molecule has 0 aliphatic rings. The van der Waals surface area contributed by atoms with Crippen molar-refractivity contribution in [3.8, 4) is 11.4 Å². The predicted octanol–water partition coefficient (Wildman–Crippen LogP) is 5.17. The lowest BCUT2D eigenvalue weighted by molar-refractivity contribution is -0.137. The molecule has 0 amide bonds. The monoisotopic (exact) mass is 353 g/mol. The average Bonchev–Trinajstić information content (AvgIpc) is 3.01. The van der Waals surface area contributed by atoms with Gasteiger partial charge in [-0.15, -0.1) is 0 Å². The quantitative estimate of drug-likeness (QED) is 0.509. The molecule has 0 spiro atoms. The molecule has 0 saturated heterocycles. The molecule has 0 fully saturated rings. The Morgan fingerprint density at radius 2 is 1.65 bits per heavy atom. The highest BCUT2D eigenvalue weighted by molar-refractivity contribution is 5.80. The van der Waals surface area contributed by atoms with Crippen molar-refractivity contribution in [3.63, 3.8) is 0 Å². The first kappa shape index (κ1) is 16.3. The Hall–Kier alpha value is -3.15. The van der Waals surface area contributed by atoms with Crippen LogP contribution in [0.2, 0.25) is 0 Å². The molecule has 0 bridgehead atoms. The molecular weight excluding hydrogens is 339 g/mol. The summed E-state index contributed by atoms with van der Waals surface area (Å²) < 4.78 is 41.0. The fourth-order valence-electron chi connectivity index (χ4n) is 2.99. The summed E-state index contributed by atoms with van der Waals surface area (Å²) >= 11 is 0. The van der Waals surface area contributed by atoms with Crippen LogP contribution >= 0.6 is 0 Å². The summed E-state index contributed by atoms with van der Waals surface area (Å²) in [4.78, 5) is 8.68. The first-order valence-electron chi connectivity index (χ1n) is 8.04. The second kappa shape index (κ2) is 6.29. The van der Waals surface area contributed by atoms with Crippen molar-refractivity contribution in [1.82, 2.24) is 14.5 Å². The predicted molar refractivity (Wildman–Crippen MR) is 93.5 cm³/mol. The molecule has 0 unspecified atom stereocenters. The molecule has 3 nitrogen and oxygen atoms in total. The number of halogens is 3. The summed E-state index contributed by atoms with van der Waals surface area (Å²) in [5.74, 6) is 0.700. The average molecular weight is 353 g/mol. The Kier molecular flexibility index (Phi) is 3.95. The van der Waals surface area contributed by atoms with E-state index in [2.05, 4.69) is 9.97 Å². The van der Waals surface area contributed by atoms with Gasteiger partial charge in [-0.1, -0.05) is 24.3 Å². The zero-order valence-electron chi connectivity index (χ0n) is 13.6. The molecule has 4 aromatic rings. The van der Waals surface area contributed by atoms with Gasteiger partial charge in [0, 0.05) is 24.5 Å². The minimum absolute atomic E-state index is 0.294. The smallest absolute Gasteiger partial charge is 0.319 e. The second-order valence-electron chi connectivity index (χ2n) is 5.94. The summed E-state index contributed by atoms with van der Waals surface area (Å²) in [6, 6.07) is 16.7. The Balaban J connectivity index is 1.84. The molecule has 0 aliphatic heterocycles. The summed E-state index contributed by atoms with van der Waals surface area (Å²) in [6.07, 6.45) is -1.02. The molecule has 26 heavy (non-hydrogen) atoms. The van der Waals surface area contributed by atoms with Crippen molar-refractivity contribution in [2.45, 2.75) is 12.7 Å². The van der Waals surface area contributed by atoms with Gasteiger partial charge in [0.1, 0.15) is 5.82 Å². The van der Waals surface area contributed by atoms with E-state index >= 15 is 0 Å². The number of hydrogen-bond donors (Lipinski definition) is 0. The molecule has 0 N–H and O–H groups in total. The van der Waals surface area contributed by atoms with Gasteiger partial charge in [0.15, 0.2) is 0 Å². The molecule has 4 rings (SSSR count). The van der Waals surface area contributed by atoms with Crippen molar-refractivity contribution < 1.29 is 13.2 Å². The number of hydrogen-bond acceptors (Lipinski definition) is 2. The van der Waals surface area contributed by atoms with Crippen molar-refractivity contribution in [2.24, 2.45) is 0 Å². The molecule has 0 radical (unpaired) electrons. The van der Waals surface area contributed by atoms with E-state index in [0.717, 1.165) is 22.7 Å². The number of benzene rings is 2. The first-order valence-corrected chi connectivity index (χ1v) is 8.04. The first-order chi connectivity index (χ1) is 12.5.